The maximum absolute atomic E-state index is 12.2. The Balaban J connectivity index is 2.60. The maximum atomic E-state index is 12.2. The summed E-state index contributed by atoms with van der Waals surface area (Å²) < 4.78 is 4.70. The molecule has 120 valence electrons. The second kappa shape index (κ2) is 7.85. The van der Waals surface area contributed by atoms with Gasteiger partial charge in [0.15, 0.2) is 0 Å². The molecule has 0 bridgehead atoms. The Hall–Kier alpha value is -1.79. The number of methoxy groups -OCH3 is 1. The minimum Gasteiger partial charge on any atom is -0.480 e. The van der Waals surface area contributed by atoms with Gasteiger partial charge in [0.25, 0.3) is 0 Å². The number of carboxylic acids is 1. The summed E-state index contributed by atoms with van der Waals surface area (Å²) in [5.41, 5.74) is 0. The Morgan fingerprint density at radius 1 is 1.38 bits per heavy atom. The number of carbonyl (C=O) groups is 3. The van der Waals surface area contributed by atoms with Crippen LogP contribution in [0, 0.1) is 11.8 Å². The lowest BCUT2D eigenvalue weighted by Gasteiger charge is -2.32. The molecule has 0 aromatic carbocycles. The molecule has 1 heterocycles. The second-order valence-corrected chi connectivity index (χ2v) is 5.78. The molecule has 0 aliphatic carbocycles. The number of carboxylic acid groups (broad SMARTS) is 1. The van der Waals surface area contributed by atoms with Crippen molar-refractivity contribution in [3.05, 3.63) is 0 Å². The highest BCUT2D eigenvalue weighted by atomic mass is 16.5. The summed E-state index contributed by atoms with van der Waals surface area (Å²) >= 11 is 0. The molecule has 1 saturated heterocycles. The van der Waals surface area contributed by atoms with Crippen LogP contribution in [0.3, 0.4) is 0 Å². The number of nitrogens with one attached hydrogen (secondary N) is 1. The molecule has 0 saturated carbocycles. The van der Waals surface area contributed by atoms with Crippen LogP contribution in [0.15, 0.2) is 0 Å². The lowest BCUT2D eigenvalue weighted by Crippen LogP contribution is -2.52. The van der Waals surface area contributed by atoms with Gasteiger partial charge in [0, 0.05) is 13.1 Å². The fraction of sp³-hybridized carbons (Fsp3) is 0.786. The van der Waals surface area contributed by atoms with E-state index in [9.17, 15) is 14.4 Å². The SMILES string of the molecule is COC(=O)C1CCCN(C(=O)N[C@H](CC(C)C)C(=O)O)C1. The smallest absolute Gasteiger partial charge is 0.326 e. The Morgan fingerprint density at radius 3 is 2.57 bits per heavy atom. The van der Waals surface area contributed by atoms with Gasteiger partial charge in [0.1, 0.15) is 6.04 Å². The first kappa shape index (κ1) is 17.3. The van der Waals surface area contributed by atoms with Gasteiger partial charge in [-0.25, -0.2) is 9.59 Å². The van der Waals surface area contributed by atoms with E-state index in [0.29, 0.717) is 25.8 Å². The Bertz CT molecular complexity index is 397. The summed E-state index contributed by atoms with van der Waals surface area (Å²) in [6, 6.07) is -1.34. The average Bonchev–Trinajstić information content (AvgIpc) is 2.45. The van der Waals surface area contributed by atoms with Crippen LogP contribution in [0.5, 0.6) is 0 Å². The van der Waals surface area contributed by atoms with Crippen LogP contribution in [0.1, 0.15) is 33.1 Å². The van der Waals surface area contributed by atoms with E-state index < -0.39 is 18.0 Å². The van der Waals surface area contributed by atoms with Gasteiger partial charge in [-0.3, -0.25) is 4.79 Å². The molecule has 0 radical (unpaired) electrons. The van der Waals surface area contributed by atoms with Crippen LogP contribution in [0.4, 0.5) is 4.79 Å². The predicted octanol–water partition coefficient (Wildman–Crippen LogP) is 1.08. The van der Waals surface area contributed by atoms with Gasteiger partial charge in [-0.1, -0.05) is 13.8 Å². The molecule has 1 fully saturated rings. The number of urea groups is 1. The number of rotatable bonds is 5. The average molecular weight is 300 g/mol. The molecular weight excluding hydrogens is 276 g/mol. The first-order chi connectivity index (χ1) is 9.85. The molecule has 2 amide bonds. The van der Waals surface area contributed by atoms with Crippen molar-refractivity contribution in [1.82, 2.24) is 10.2 Å². The number of hydrogen-bond acceptors (Lipinski definition) is 4. The van der Waals surface area contributed by atoms with Crippen LogP contribution < -0.4 is 5.32 Å². The highest BCUT2D eigenvalue weighted by Crippen LogP contribution is 2.18. The van der Waals surface area contributed by atoms with Crippen LogP contribution >= 0.6 is 0 Å². The largest absolute Gasteiger partial charge is 0.480 e. The second-order valence-electron chi connectivity index (χ2n) is 5.78. The molecule has 7 heteroatoms. The van der Waals surface area contributed by atoms with E-state index in [2.05, 4.69) is 5.32 Å². The number of hydrogen-bond donors (Lipinski definition) is 2. The van der Waals surface area contributed by atoms with Gasteiger partial charge >= 0.3 is 18.0 Å². The van der Waals surface area contributed by atoms with Crippen molar-refractivity contribution in [3.63, 3.8) is 0 Å². The van der Waals surface area contributed by atoms with Gasteiger partial charge in [0.05, 0.1) is 13.0 Å². The number of aliphatic carboxylic acids is 1. The minimum absolute atomic E-state index is 0.163. The van der Waals surface area contributed by atoms with Crippen LogP contribution in [0.25, 0.3) is 0 Å². The number of ether oxygens (including phenoxy) is 1. The van der Waals surface area contributed by atoms with Gasteiger partial charge < -0.3 is 20.1 Å². The molecular formula is C14H24N2O5. The normalized spacial score (nSPS) is 20.0. The molecule has 1 rings (SSSR count). The number of likely N-dealkylation sites (tertiary alicyclic amines) is 1. The van der Waals surface area contributed by atoms with Gasteiger partial charge in [0.2, 0.25) is 0 Å². The van der Waals surface area contributed by atoms with E-state index in [1.807, 2.05) is 13.8 Å². The fourth-order valence-corrected chi connectivity index (χ4v) is 2.45. The molecule has 1 aliphatic rings. The molecule has 2 N–H and O–H groups in total. The number of carbonyl (C=O) groups excluding carboxylic acids is 2. The summed E-state index contributed by atoms with van der Waals surface area (Å²) in [5.74, 6) is -1.54. The van der Waals surface area contributed by atoms with E-state index in [-0.39, 0.29) is 24.3 Å². The summed E-state index contributed by atoms with van der Waals surface area (Å²) in [6.45, 7) is 4.59. The molecule has 0 spiro atoms. The first-order valence-corrected chi connectivity index (χ1v) is 7.21. The standard InChI is InChI=1S/C14H24N2O5/c1-9(2)7-11(12(17)18)15-14(20)16-6-4-5-10(8-16)13(19)21-3/h9-11H,4-8H2,1-3H3,(H,15,20)(H,17,18)/t10?,11-/m1/s1. The van der Waals surface area contributed by atoms with Gasteiger partial charge in [-0.15, -0.1) is 0 Å². The van der Waals surface area contributed by atoms with Crippen LogP contribution in [-0.4, -0.2) is 54.2 Å². The highest BCUT2D eigenvalue weighted by Gasteiger charge is 2.31. The van der Waals surface area contributed by atoms with Crippen molar-refractivity contribution in [2.45, 2.75) is 39.2 Å². The molecule has 0 aromatic rings. The summed E-state index contributed by atoms with van der Waals surface area (Å²) in [5, 5.41) is 11.7. The predicted molar refractivity (Wildman–Crippen MR) is 75.7 cm³/mol. The maximum Gasteiger partial charge on any atom is 0.326 e. The van der Waals surface area contributed by atoms with Crippen LogP contribution in [0.2, 0.25) is 0 Å². The molecule has 21 heavy (non-hydrogen) atoms. The van der Waals surface area contributed by atoms with Crippen molar-refractivity contribution in [3.8, 4) is 0 Å². The van der Waals surface area contributed by atoms with Gasteiger partial charge in [-0.2, -0.15) is 0 Å². The summed E-state index contributed by atoms with van der Waals surface area (Å²) in [6.07, 6.45) is 1.76. The minimum atomic E-state index is -1.04. The Morgan fingerprint density at radius 2 is 2.05 bits per heavy atom. The zero-order valence-corrected chi connectivity index (χ0v) is 12.8. The lowest BCUT2D eigenvalue weighted by molar-refractivity contribution is -0.147. The quantitative estimate of drug-likeness (QED) is 0.741. The zero-order chi connectivity index (χ0) is 16.0. The third-order valence-electron chi connectivity index (χ3n) is 3.55. The van der Waals surface area contributed by atoms with Crippen molar-refractivity contribution in [2.24, 2.45) is 11.8 Å². The first-order valence-electron chi connectivity index (χ1n) is 7.21. The number of esters is 1. The Kier molecular flexibility index (Phi) is 6.45. The molecule has 2 atom stereocenters. The third kappa shape index (κ3) is 5.24. The topological polar surface area (TPSA) is 95.9 Å². The number of nitrogens with zero attached hydrogens (tertiary/aromatic N) is 1. The molecule has 1 unspecified atom stereocenters. The van der Waals surface area contributed by atoms with Crippen LogP contribution in [-0.2, 0) is 14.3 Å². The number of piperidine rings is 1. The fourth-order valence-electron chi connectivity index (χ4n) is 2.45. The van der Waals surface area contributed by atoms with E-state index in [1.165, 1.54) is 12.0 Å². The van der Waals surface area contributed by atoms with Crippen molar-refractivity contribution in [2.75, 3.05) is 20.2 Å². The number of amides is 2. The summed E-state index contributed by atoms with van der Waals surface area (Å²) in [4.78, 5) is 36.3. The lowest BCUT2D eigenvalue weighted by atomic mass is 9.98. The van der Waals surface area contributed by atoms with E-state index in [4.69, 9.17) is 9.84 Å². The monoisotopic (exact) mass is 300 g/mol. The third-order valence-corrected chi connectivity index (χ3v) is 3.55. The van der Waals surface area contributed by atoms with E-state index in [0.717, 1.165) is 0 Å². The van der Waals surface area contributed by atoms with Crippen molar-refractivity contribution >= 4 is 18.0 Å². The summed E-state index contributed by atoms with van der Waals surface area (Å²) in [7, 11) is 1.32. The highest BCUT2D eigenvalue weighted by molar-refractivity contribution is 5.83. The zero-order valence-electron chi connectivity index (χ0n) is 12.8. The molecule has 7 nitrogen and oxygen atoms in total. The van der Waals surface area contributed by atoms with Crippen molar-refractivity contribution in [1.29, 1.82) is 0 Å². The van der Waals surface area contributed by atoms with Gasteiger partial charge in [-0.05, 0) is 25.2 Å². The molecule has 0 aromatic heterocycles. The van der Waals surface area contributed by atoms with E-state index >= 15 is 0 Å². The molecule has 1 aliphatic heterocycles. The van der Waals surface area contributed by atoms with Crippen molar-refractivity contribution < 1.29 is 24.2 Å². The van der Waals surface area contributed by atoms with E-state index in [1.54, 1.807) is 0 Å². The Labute approximate surface area is 124 Å².